The lowest BCUT2D eigenvalue weighted by molar-refractivity contribution is -0.137. The lowest BCUT2D eigenvalue weighted by Crippen LogP contribution is -2.47. The Morgan fingerprint density at radius 3 is 1.13 bits per heavy atom. The number of alkyl carbamates (subject to hydrolysis) is 4. The average Bonchev–Trinajstić information content (AvgIpc) is 3.17. The van der Waals surface area contributed by atoms with Crippen molar-refractivity contribution in [3.63, 3.8) is 0 Å². The van der Waals surface area contributed by atoms with Crippen LogP contribution in [0.3, 0.4) is 0 Å². The molecule has 0 aliphatic carbocycles. The third kappa shape index (κ3) is 25.6. The van der Waals surface area contributed by atoms with E-state index < -0.39 is 76.5 Å². The third-order valence-electron chi connectivity index (χ3n) is 8.44. The molecule has 1 atom stereocenters. The molecule has 372 valence electrons. The fourth-order valence-corrected chi connectivity index (χ4v) is 5.85. The van der Waals surface area contributed by atoms with E-state index in [0.717, 1.165) is 0 Å². The predicted molar refractivity (Wildman–Crippen MR) is 248 cm³/mol. The van der Waals surface area contributed by atoms with E-state index in [1.165, 1.54) is 12.1 Å². The second kappa shape index (κ2) is 25.3. The summed E-state index contributed by atoms with van der Waals surface area (Å²) in [5.74, 6) is -2.87. The fourth-order valence-electron chi connectivity index (χ4n) is 5.85. The van der Waals surface area contributed by atoms with Gasteiger partial charge in [-0.05, 0) is 149 Å². The van der Waals surface area contributed by atoms with Crippen molar-refractivity contribution in [2.24, 2.45) is 0 Å². The summed E-state index contributed by atoms with van der Waals surface area (Å²) in [5.41, 5.74) is -0.554. The van der Waals surface area contributed by atoms with Crippen molar-refractivity contribution in [3.05, 3.63) is 69.8 Å². The zero-order valence-corrected chi connectivity index (χ0v) is 41.0. The van der Waals surface area contributed by atoms with E-state index >= 15 is 0 Å². The number of rotatable bonds is 20. The highest BCUT2D eigenvalue weighted by molar-refractivity contribution is 5.98. The van der Waals surface area contributed by atoms with Crippen LogP contribution in [-0.2, 0) is 54.7 Å². The van der Waals surface area contributed by atoms with Gasteiger partial charge in [-0.2, -0.15) is 0 Å². The molecule has 0 aromatic heterocycles. The quantitative estimate of drug-likeness (QED) is 0.0553. The molecule has 20 nitrogen and oxygen atoms in total. The van der Waals surface area contributed by atoms with Crippen molar-refractivity contribution >= 4 is 48.1 Å². The van der Waals surface area contributed by atoms with Gasteiger partial charge in [-0.25, -0.2) is 19.2 Å². The Labute approximate surface area is 393 Å². The summed E-state index contributed by atoms with van der Waals surface area (Å²) in [7, 11) is 0. The normalized spacial score (nSPS) is 12.1. The molecular weight excluding hydrogens is 871 g/mol. The fraction of sp³-hybridized carbons (Fsp3) is 0.574. The maximum atomic E-state index is 13.9. The van der Waals surface area contributed by atoms with Crippen LogP contribution in [0.1, 0.15) is 152 Å². The van der Waals surface area contributed by atoms with Crippen molar-refractivity contribution in [3.8, 4) is 0 Å². The lowest BCUT2D eigenvalue weighted by Gasteiger charge is -2.21. The highest BCUT2D eigenvalue weighted by Crippen LogP contribution is 2.16. The standard InChI is InChI=1S/C47H71N7O13/c1-44(2,3)64-40(60)50-25-29-19-30(26-51-41(61)65-45(4,5)6)22-33(21-29)37(57)48-17-14-13-15-35(39(59)49-18-16-36(55)56)54-38(58)34-23-31(27-52-42(62)66-46(7,8)9)20-32(24-34)28-53-43(63)67-47(10,11)12/h19-24,35H,13-18,25-28H2,1-12H3,(H,48,57)(H,49,59)(H,50,60)(H,51,61)(H,52,62)(H,53,63)(H,54,58)(H,55,56)/t35-/m0/s1. The molecule has 0 aliphatic heterocycles. The monoisotopic (exact) mass is 942 g/mol. The summed E-state index contributed by atoms with van der Waals surface area (Å²) in [6.07, 6.45) is -2.26. The number of nitrogens with one attached hydrogen (secondary N) is 7. The number of hydrogen-bond acceptors (Lipinski definition) is 12. The molecule has 0 saturated carbocycles. The number of carbonyl (C=O) groups excluding carboxylic acids is 7. The van der Waals surface area contributed by atoms with E-state index in [9.17, 15) is 38.4 Å². The zero-order chi connectivity index (χ0) is 50.8. The molecule has 2 rings (SSSR count). The zero-order valence-electron chi connectivity index (χ0n) is 41.0. The number of unbranched alkanes of at least 4 members (excludes halogenated alkanes) is 1. The number of amides is 7. The summed E-state index contributed by atoms with van der Waals surface area (Å²) in [6.45, 7) is 20.6. The Hall–Kier alpha value is -6.60. The molecule has 0 aliphatic rings. The van der Waals surface area contributed by atoms with Crippen LogP contribution in [0.2, 0.25) is 0 Å². The first-order valence-electron chi connectivity index (χ1n) is 22.1. The number of carboxylic acids is 1. The minimum atomic E-state index is -1.13. The molecule has 2 aromatic rings. The molecule has 0 saturated heterocycles. The van der Waals surface area contributed by atoms with E-state index in [1.807, 2.05) is 0 Å². The van der Waals surface area contributed by atoms with Gasteiger partial charge in [0.05, 0.1) is 6.42 Å². The summed E-state index contributed by atoms with van der Waals surface area (Å²) >= 11 is 0. The number of benzene rings is 2. The highest BCUT2D eigenvalue weighted by Gasteiger charge is 2.24. The first kappa shape index (κ1) is 56.5. The van der Waals surface area contributed by atoms with Gasteiger partial charge in [0.15, 0.2) is 0 Å². The Morgan fingerprint density at radius 2 is 0.806 bits per heavy atom. The second-order valence-corrected chi connectivity index (χ2v) is 19.7. The molecule has 0 fully saturated rings. The Kier molecular flexibility index (Phi) is 21.4. The average molecular weight is 942 g/mol. The van der Waals surface area contributed by atoms with Crippen LogP contribution in [0.25, 0.3) is 0 Å². The van der Waals surface area contributed by atoms with Gasteiger partial charge < -0.3 is 61.3 Å². The smallest absolute Gasteiger partial charge is 0.407 e. The SMILES string of the molecule is CC(C)(C)OC(=O)NCc1cc(CNC(=O)OC(C)(C)C)cc(C(=O)NCCCC[C@H](NC(=O)c2cc(CNC(=O)OC(C)(C)C)cc(CNC(=O)OC(C)(C)C)c2)C(=O)NCCC(=O)O)c1. The number of carboxylic acid groups (broad SMARTS) is 1. The summed E-state index contributed by atoms with van der Waals surface area (Å²) in [6, 6.07) is 8.49. The molecular formula is C47H71N7O13. The summed E-state index contributed by atoms with van der Waals surface area (Å²) in [4.78, 5) is 102. The summed E-state index contributed by atoms with van der Waals surface area (Å²) < 4.78 is 21.3. The van der Waals surface area contributed by atoms with E-state index in [4.69, 9.17) is 24.1 Å². The van der Waals surface area contributed by atoms with E-state index in [-0.39, 0.29) is 63.2 Å². The van der Waals surface area contributed by atoms with Crippen LogP contribution in [0.15, 0.2) is 36.4 Å². The van der Waals surface area contributed by atoms with Crippen LogP contribution in [0.4, 0.5) is 19.2 Å². The minimum absolute atomic E-state index is 0.0225. The molecule has 8 N–H and O–H groups in total. The molecule has 0 spiro atoms. The largest absolute Gasteiger partial charge is 0.481 e. The van der Waals surface area contributed by atoms with Gasteiger partial charge in [0.25, 0.3) is 11.8 Å². The minimum Gasteiger partial charge on any atom is -0.481 e. The van der Waals surface area contributed by atoms with E-state index in [2.05, 4.69) is 37.2 Å². The number of carbonyl (C=O) groups is 8. The van der Waals surface area contributed by atoms with Crippen molar-refractivity contribution in [2.75, 3.05) is 13.1 Å². The summed E-state index contributed by atoms with van der Waals surface area (Å²) in [5, 5.41) is 27.9. The van der Waals surface area contributed by atoms with E-state index in [1.54, 1.807) is 107 Å². The maximum Gasteiger partial charge on any atom is 0.407 e. The molecule has 20 heteroatoms. The molecule has 0 radical (unpaired) electrons. The topological polar surface area (TPSA) is 278 Å². The predicted octanol–water partition coefficient (Wildman–Crippen LogP) is 6.08. The number of ether oxygens (including phenoxy) is 4. The first-order valence-corrected chi connectivity index (χ1v) is 22.1. The Balaban J connectivity index is 2.26. The van der Waals surface area contributed by atoms with Gasteiger partial charge in [-0.1, -0.05) is 12.1 Å². The van der Waals surface area contributed by atoms with Crippen molar-refractivity contribution in [1.29, 1.82) is 0 Å². The van der Waals surface area contributed by atoms with E-state index in [0.29, 0.717) is 35.1 Å². The van der Waals surface area contributed by atoms with Gasteiger partial charge >= 0.3 is 30.3 Å². The first-order chi connectivity index (χ1) is 30.9. The Morgan fingerprint density at radius 1 is 0.463 bits per heavy atom. The maximum absolute atomic E-state index is 13.9. The Bertz CT molecular complexity index is 1960. The van der Waals surface area contributed by atoms with Crippen molar-refractivity contribution < 1.29 is 62.4 Å². The lowest BCUT2D eigenvalue weighted by atomic mass is 10.0. The highest BCUT2D eigenvalue weighted by atomic mass is 16.6. The van der Waals surface area contributed by atoms with Gasteiger partial charge in [0, 0.05) is 50.4 Å². The molecule has 0 bridgehead atoms. The molecule has 0 heterocycles. The van der Waals surface area contributed by atoms with Crippen LogP contribution in [0, 0.1) is 0 Å². The van der Waals surface area contributed by atoms with Crippen molar-refractivity contribution in [1.82, 2.24) is 37.2 Å². The van der Waals surface area contributed by atoms with Crippen LogP contribution < -0.4 is 37.2 Å². The van der Waals surface area contributed by atoms with Crippen molar-refractivity contribution in [2.45, 2.75) is 163 Å². The second-order valence-electron chi connectivity index (χ2n) is 19.7. The van der Waals surface area contributed by atoms with Gasteiger partial charge in [0.1, 0.15) is 28.4 Å². The molecule has 67 heavy (non-hydrogen) atoms. The van der Waals surface area contributed by atoms with Gasteiger partial charge in [0.2, 0.25) is 5.91 Å². The van der Waals surface area contributed by atoms with Gasteiger partial charge in [-0.15, -0.1) is 0 Å². The van der Waals surface area contributed by atoms with Crippen LogP contribution >= 0.6 is 0 Å². The van der Waals surface area contributed by atoms with Crippen LogP contribution in [0.5, 0.6) is 0 Å². The molecule has 2 aromatic carbocycles. The van der Waals surface area contributed by atoms with Gasteiger partial charge in [-0.3, -0.25) is 19.2 Å². The number of hydrogen-bond donors (Lipinski definition) is 8. The third-order valence-corrected chi connectivity index (χ3v) is 8.44. The molecule has 7 amide bonds. The number of aliphatic carboxylic acids is 1. The molecule has 0 unspecified atom stereocenters. The van der Waals surface area contributed by atoms with Crippen LogP contribution in [-0.4, -0.2) is 94.7 Å².